The maximum absolute atomic E-state index is 13.0. The molecule has 30 heavy (non-hydrogen) atoms. The van der Waals surface area contributed by atoms with Crippen molar-refractivity contribution in [1.82, 2.24) is 9.88 Å². The number of pyridine rings is 1. The number of aromatic nitrogens is 1. The lowest BCUT2D eigenvalue weighted by molar-refractivity contribution is 0.102. The van der Waals surface area contributed by atoms with Crippen LogP contribution in [-0.2, 0) is 19.5 Å². The Bertz CT molecular complexity index is 1010. The summed E-state index contributed by atoms with van der Waals surface area (Å²) in [4.78, 5) is 19.5. The minimum absolute atomic E-state index is 0.121. The number of hydrogen-bond donors (Lipinski definition) is 1. The molecule has 0 fully saturated rings. The zero-order valence-electron chi connectivity index (χ0n) is 17.2. The molecule has 0 radical (unpaired) electrons. The molecule has 1 aromatic heterocycles. The minimum Gasteiger partial charge on any atom is -0.497 e. The fourth-order valence-corrected chi connectivity index (χ4v) is 3.84. The maximum Gasteiger partial charge on any atom is 0.255 e. The van der Waals surface area contributed by atoms with Crippen molar-refractivity contribution in [2.75, 3.05) is 26.1 Å². The summed E-state index contributed by atoms with van der Waals surface area (Å²) < 4.78 is 10.6. The second kappa shape index (κ2) is 8.97. The number of methoxy groups -OCH3 is 2. The second-order valence-corrected chi connectivity index (χ2v) is 7.31. The van der Waals surface area contributed by atoms with E-state index in [0.717, 1.165) is 37.2 Å². The summed E-state index contributed by atoms with van der Waals surface area (Å²) in [5.41, 5.74) is 4.93. The van der Waals surface area contributed by atoms with Gasteiger partial charge in [-0.25, -0.2) is 0 Å². The van der Waals surface area contributed by atoms with Crippen LogP contribution in [0.5, 0.6) is 11.5 Å². The lowest BCUT2D eigenvalue weighted by atomic mass is 9.93. The lowest BCUT2D eigenvalue weighted by Crippen LogP contribution is -2.31. The Kier molecular flexibility index (Phi) is 5.95. The standard InChI is InChI=1S/C24H25N3O3/c1-29-20-12-19(13-21(14-20)30-2)26-24(28)23-5-3-4-18-16-27(11-8-22(18)23)15-17-6-9-25-10-7-17/h3-7,9-10,12-14H,8,11,15-16H2,1-2H3,(H,26,28). The molecule has 4 rings (SSSR count). The minimum atomic E-state index is -0.121. The largest absolute Gasteiger partial charge is 0.497 e. The first-order chi connectivity index (χ1) is 14.7. The van der Waals surface area contributed by atoms with Gasteiger partial charge in [0, 0.05) is 61.5 Å². The predicted molar refractivity (Wildman–Crippen MR) is 116 cm³/mol. The summed E-state index contributed by atoms with van der Waals surface area (Å²) in [7, 11) is 3.18. The van der Waals surface area contributed by atoms with Gasteiger partial charge in [0.15, 0.2) is 0 Å². The third-order valence-corrected chi connectivity index (χ3v) is 5.35. The second-order valence-electron chi connectivity index (χ2n) is 7.31. The highest BCUT2D eigenvalue weighted by Gasteiger charge is 2.22. The van der Waals surface area contributed by atoms with Crippen LogP contribution < -0.4 is 14.8 Å². The number of nitrogens with zero attached hydrogens (tertiary/aromatic N) is 2. The molecule has 1 aliphatic heterocycles. The average molecular weight is 403 g/mol. The van der Waals surface area contributed by atoms with Gasteiger partial charge in [0.25, 0.3) is 5.91 Å². The van der Waals surface area contributed by atoms with E-state index < -0.39 is 0 Å². The molecule has 2 aromatic carbocycles. The molecule has 0 atom stereocenters. The van der Waals surface area contributed by atoms with E-state index in [0.29, 0.717) is 17.2 Å². The molecule has 0 bridgehead atoms. The molecule has 1 aliphatic rings. The van der Waals surface area contributed by atoms with Crippen LogP contribution in [0.1, 0.15) is 27.0 Å². The normalized spacial score (nSPS) is 13.4. The zero-order chi connectivity index (χ0) is 20.9. The van der Waals surface area contributed by atoms with Crippen LogP contribution in [0.3, 0.4) is 0 Å². The van der Waals surface area contributed by atoms with Crippen molar-refractivity contribution in [3.05, 3.63) is 83.2 Å². The summed E-state index contributed by atoms with van der Waals surface area (Å²) in [6.07, 6.45) is 4.48. The van der Waals surface area contributed by atoms with Crippen LogP contribution in [0, 0.1) is 0 Å². The van der Waals surface area contributed by atoms with Crippen molar-refractivity contribution < 1.29 is 14.3 Å². The summed E-state index contributed by atoms with van der Waals surface area (Å²) in [5.74, 6) is 1.14. The van der Waals surface area contributed by atoms with Gasteiger partial charge in [0.05, 0.1) is 14.2 Å². The summed E-state index contributed by atoms with van der Waals surface area (Å²) in [6, 6.07) is 15.4. The third-order valence-electron chi connectivity index (χ3n) is 5.35. The molecule has 2 heterocycles. The van der Waals surface area contributed by atoms with E-state index >= 15 is 0 Å². The third kappa shape index (κ3) is 4.44. The van der Waals surface area contributed by atoms with E-state index in [9.17, 15) is 4.79 Å². The number of hydrogen-bond acceptors (Lipinski definition) is 5. The Balaban J connectivity index is 1.51. The van der Waals surface area contributed by atoms with Gasteiger partial charge in [-0.2, -0.15) is 0 Å². The highest BCUT2D eigenvalue weighted by atomic mass is 16.5. The number of carbonyl (C=O) groups excluding carboxylic acids is 1. The van der Waals surface area contributed by atoms with Crippen LogP contribution >= 0.6 is 0 Å². The number of benzene rings is 2. The van der Waals surface area contributed by atoms with Crippen LogP contribution in [0.25, 0.3) is 0 Å². The molecule has 1 N–H and O–H groups in total. The highest BCUT2D eigenvalue weighted by Crippen LogP contribution is 2.28. The fourth-order valence-electron chi connectivity index (χ4n) is 3.84. The van der Waals surface area contributed by atoms with Crippen molar-refractivity contribution in [3.63, 3.8) is 0 Å². The van der Waals surface area contributed by atoms with Gasteiger partial charge in [0.1, 0.15) is 11.5 Å². The first kappa shape index (κ1) is 19.9. The zero-order valence-corrected chi connectivity index (χ0v) is 17.2. The summed E-state index contributed by atoms with van der Waals surface area (Å²) in [6.45, 7) is 2.61. The van der Waals surface area contributed by atoms with E-state index in [1.165, 1.54) is 11.1 Å². The van der Waals surface area contributed by atoms with Gasteiger partial charge in [-0.05, 0) is 41.3 Å². The molecule has 6 nitrogen and oxygen atoms in total. The molecular weight excluding hydrogens is 378 g/mol. The van der Waals surface area contributed by atoms with E-state index in [1.807, 2.05) is 36.7 Å². The molecule has 6 heteroatoms. The van der Waals surface area contributed by atoms with Crippen molar-refractivity contribution in [2.24, 2.45) is 0 Å². The molecular formula is C24H25N3O3. The maximum atomic E-state index is 13.0. The summed E-state index contributed by atoms with van der Waals surface area (Å²) >= 11 is 0. The number of ether oxygens (including phenoxy) is 2. The Morgan fingerprint density at radius 1 is 1.07 bits per heavy atom. The van der Waals surface area contributed by atoms with Gasteiger partial charge in [-0.3, -0.25) is 14.7 Å². The van der Waals surface area contributed by atoms with Crippen LogP contribution in [-0.4, -0.2) is 36.6 Å². The van der Waals surface area contributed by atoms with E-state index in [1.54, 1.807) is 32.4 Å². The van der Waals surface area contributed by atoms with Crippen LogP contribution in [0.2, 0.25) is 0 Å². The van der Waals surface area contributed by atoms with E-state index in [4.69, 9.17) is 9.47 Å². The number of carbonyl (C=O) groups is 1. The topological polar surface area (TPSA) is 63.7 Å². The fraction of sp³-hybridized carbons (Fsp3) is 0.250. The van der Waals surface area contributed by atoms with Crippen molar-refractivity contribution >= 4 is 11.6 Å². The Morgan fingerprint density at radius 2 is 1.80 bits per heavy atom. The lowest BCUT2D eigenvalue weighted by Gasteiger charge is -2.30. The van der Waals surface area contributed by atoms with Crippen molar-refractivity contribution in [2.45, 2.75) is 19.5 Å². The van der Waals surface area contributed by atoms with Gasteiger partial charge in [-0.1, -0.05) is 12.1 Å². The number of fused-ring (bicyclic) bond motifs is 1. The first-order valence-corrected chi connectivity index (χ1v) is 9.92. The Labute approximate surface area is 176 Å². The van der Waals surface area contributed by atoms with Gasteiger partial charge >= 0.3 is 0 Å². The van der Waals surface area contributed by atoms with Crippen LogP contribution in [0.15, 0.2) is 60.9 Å². The predicted octanol–water partition coefficient (Wildman–Crippen LogP) is 3.91. The molecule has 0 saturated carbocycles. The van der Waals surface area contributed by atoms with Gasteiger partial charge in [-0.15, -0.1) is 0 Å². The van der Waals surface area contributed by atoms with Gasteiger partial charge in [0.2, 0.25) is 0 Å². The first-order valence-electron chi connectivity index (χ1n) is 9.92. The molecule has 154 valence electrons. The molecule has 0 saturated heterocycles. The average Bonchev–Trinajstić information content (AvgIpc) is 2.78. The molecule has 3 aromatic rings. The molecule has 0 aliphatic carbocycles. The van der Waals surface area contributed by atoms with E-state index in [-0.39, 0.29) is 5.91 Å². The smallest absolute Gasteiger partial charge is 0.255 e. The summed E-state index contributed by atoms with van der Waals surface area (Å²) in [5, 5.41) is 2.99. The quantitative estimate of drug-likeness (QED) is 0.676. The van der Waals surface area contributed by atoms with Crippen molar-refractivity contribution in [1.29, 1.82) is 0 Å². The van der Waals surface area contributed by atoms with E-state index in [2.05, 4.69) is 21.3 Å². The Morgan fingerprint density at radius 3 is 2.50 bits per heavy atom. The molecule has 1 amide bonds. The molecule has 0 unspecified atom stereocenters. The number of anilines is 1. The SMILES string of the molecule is COc1cc(NC(=O)c2cccc3c2CCN(Cc2ccncc2)C3)cc(OC)c1. The Hall–Kier alpha value is -3.38. The van der Waals surface area contributed by atoms with Crippen LogP contribution in [0.4, 0.5) is 5.69 Å². The number of amides is 1. The molecule has 0 spiro atoms. The highest BCUT2D eigenvalue weighted by molar-refractivity contribution is 6.05. The van der Waals surface area contributed by atoms with Gasteiger partial charge < -0.3 is 14.8 Å². The monoisotopic (exact) mass is 403 g/mol. The van der Waals surface area contributed by atoms with Crippen molar-refractivity contribution in [3.8, 4) is 11.5 Å². The number of rotatable bonds is 6. The number of nitrogens with one attached hydrogen (secondary N) is 1.